The lowest BCUT2D eigenvalue weighted by atomic mass is 10.0. The Labute approximate surface area is 206 Å². The summed E-state index contributed by atoms with van der Waals surface area (Å²) in [6.07, 6.45) is 7.63. The summed E-state index contributed by atoms with van der Waals surface area (Å²) in [6, 6.07) is 10.8. The van der Waals surface area contributed by atoms with Gasteiger partial charge in [0.1, 0.15) is 6.07 Å². The van der Waals surface area contributed by atoms with Crippen LogP contribution in [0.4, 0.5) is 5.69 Å². The average molecular weight is 472 g/mol. The summed E-state index contributed by atoms with van der Waals surface area (Å²) in [5.41, 5.74) is 5.19. The van der Waals surface area contributed by atoms with Crippen molar-refractivity contribution in [1.29, 1.82) is 5.26 Å². The first-order valence-electron chi connectivity index (χ1n) is 12.9. The van der Waals surface area contributed by atoms with Crippen LogP contribution in [0.3, 0.4) is 0 Å². The highest BCUT2D eigenvalue weighted by molar-refractivity contribution is 5.95. The Morgan fingerprint density at radius 2 is 2.09 bits per heavy atom. The second-order valence-electron chi connectivity index (χ2n) is 10.2. The molecule has 1 N–H and O–H groups in total. The van der Waals surface area contributed by atoms with Crippen molar-refractivity contribution in [3.05, 3.63) is 53.5 Å². The van der Waals surface area contributed by atoms with E-state index in [0.29, 0.717) is 11.6 Å². The van der Waals surface area contributed by atoms with Gasteiger partial charge in [0.15, 0.2) is 0 Å². The Morgan fingerprint density at radius 3 is 2.91 bits per heavy atom. The van der Waals surface area contributed by atoms with Crippen molar-refractivity contribution in [3.8, 4) is 6.07 Å². The van der Waals surface area contributed by atoms with Gasteiger partial charge in [-0.15, -0.1) is 0 Å². The van der Waals surface area contributed by atoms with E-state index in [1.165, 1.54) is 11.3 Å². The van der Waals surface area contributed by atoms with Gasteiger partial charge in [0.2, 0.25) is 0 Å². The minimum atomic E-state index is 0.151. The fourth-order valence-corrected chi connectivity index (χ4v) is 5.96. The molecule has 0 bridgehead atoms. The van der Waals surface area contributed by atoms with Crippen LogP contribution in [-0.4, -0.2) is 71.1 Å². The van der Waals surface area contributed by atoms with Crippen LogP contribution in [0.1, 0.15) is 42.6 Å². The van der Waals surface area contributed by atoms with Gasteiger partial charge in [-0.1, -0.05) is 0 Å². The predicted octanol–water partition coefficient (Wildman–Crippen LogP) is 2.88. The maximum atomic E-state index is 9.50. The minimum Gasteiger partial charge on any atom is -0.370 e. The third-order valence-electron chi connectivity index (χ3n) is 7.68. The zero-order valence-corrected chi connectivity index (χ0v) is 20.4. The number of likely N-dealkylation sites (tertiary alicyclic amines) is 1. The molecule has 35 heavy (non-hydrogen) atoms. The van der Waals surface area contributed by atoms with Crippen molar-refractivity contribution in [2.24, 2.45) is 0 Å². The molecule has 8 heteroatoms. The molecule has 6 rings (SSSR count). The van der Waals surface area contributed by atoms with Crippen molar-refractivity contribution >= 4 is 16.6 Å². The highest BCUT2D eigenvalue weighted by Crippen LogP contribution is 2.31. The second-order valence-corrected chi connectivity index (χ2v) is 10.2. The zero-order chi connectivity index (χ0) is 23.8. The second kappa shape index (κ2) is 9.57. The molecule has 3 aromatic rings. The first-order valence-corrected chi connectivity index (χ1v) is 12.9. The van der Waals surface area contributed by atoms with Gasteiger partial charge in [-0.25, -0.2) is 0 Å². The highest BCUT2D eigenvalue weighted by Gasteiger charge is 2.30. The maximum absolute atomic E-state index is 9.50. The third-order valence-corrected chi connectivity index (χ3v) is 7.68. The van der Waals surface area contributed by atoms with Crippen LogP contribution in [0.15, 0.2) is 36.7 Å². The Bertz CT molecular complexity index is 1220. The number of fused-ring (bicyclic) bond motifs is 2. The number of aromatic nitrogens is 3. The van der Waals surface area contributed by atoms with Crippen molar-refractivity contribution < 1.29 is 4.74 Å². The van der Waals surface area contributed by atoms with Gasteiger partial charge in [-0.05, 0) is 44.0 Å². The van der Waals surface area contributed by atoms with E-state index >= 15 is 0 Å². The van der Waals surface area contributed by atoms with Gasteiger partial charge in [0, 0.05) is 81.3 Å². The van der Waals surface area contributed by atoms with Gasteiger partial charge in [0.05, 0.1) is 35.0 Å². The molecule has 2 fully saturated rings. The van der Waals surface area contributed by atoms with Crippen molar-refractivity contribution in [3.63, 3.8) is 0 Å². The lowest BCUT2D eigenvalue weighted by Gasteiger charge is -2.41. The lowest BCUT2D eigenvalue weighted by Crippen LogP contribution is -2.51. The Balaban J connectivity index is 1.11. The molecular weight excluding hydrogens is 438 g/mol. The highest BCUT2D eigenvalue weighted by atomic mass is 16.5. The number of nitriles is 1. The maximum Gasteiger partial charge on any atom is 0.101 e. The number of hydrogen-bond donors (Lipinski definition) is 1. The quantitative estimate of drug-likeness (QED) is 0.627. The van der Waals surface area contributed by atoms with Gasteiger partial charge in [0.25, 0.3) is 0 Å². The van der Waals surface area contributed by atoms with E-state index < -0.39 is 0 Å². The van der Waals surface area contributed by atoms with Crippen molar-refractivity contribution in [1.82, 2.24) is 25.0 Å². The number of nitrogens with one attached hydrogen (secondary N) is 1. The summed E-state index contributed by atoms with van der Waals surface area (Å²) in [5, 5.41) is 18.9. The third kappa shape index (κ3) is 4.52. The lowest BCUT2D eigenvalue weighted by molar-refractivity contribution is -0.0359. The molecule has 2 saturated heterocycles. The van der Waals surface area contributed by atoms with E-state index in [0.717, 1.165) is 81.7 Å². The van der Waals surface area contributed by atoms with Crippen LogP contribution >= 0.6 is 0 Å². The molecule has 2 aromatic heterocycles. The Hall–Kier alpha value is -2.99. The molecule has 0 aliphatic carbocycles. The van der Waals surface area contributed by atoms with Gasteiger partial charge in [-0.2, -0.15) is 10.4 Å². The number of piperidine rings is 1. The summed E-state index contributed by atoms with van der Waals surface area (Å²) < 4.78 is 8.62. The Kier molecular flexibility index (Phi) is 6.15. The van der Waals surface area contributed by atoms with E-state index in [1.807, 2.05) is 12.1 Å². The van der Waals surface area contributed by atoms with Gasteiger partial charge >= 0.3 is 0 Å². The summed E-state index contributed by atoms with van der Waals surface area (Å²) in [4.78, 5) is 9.47. The first kappa shape index (κ1) is 22.5. The Morgan fingerprint density at radius 1 is 1.20 bits per heavy atom. The monoisotopic (exact) mass is 471 g/mol. The number of anilines is 1. The van der Waals surface area contributed by atoms with Crippen LogP contribution in [0.2, 0.25) is 0 Å². The smallest absolute Gasteiger partial charge is 0.101 e. The van der Waals surface area contributed by atoms with Crippen LogP contribution in [-0.2, 0) is 17.7 Å². The number of hydrogen-bond acceptors (Lipinski definition) is 7. The molecule has 5 heterocycles. The number of pyridine rings is 1. The molecule has 0 amide bonds. The summed E-state index contributed by atoms with van der Waals surface area (Å²) in [5.74, 6) is 0. The van der Waals surface area contributed by atoms with Crippen molar-refractivity contribution in [2.45, 2.75) is 51.0 Å². The summed E-state index contributed by atoms with van der Waals surface area (Å²) >= 11 is 0. The molecule has 0 spiro atoms. The number of rotatable bonds is 4. The molecule has 182 valence electrons. The SMILES string of the molecule is C[C@@H]1CN(c2ccc(C#N)c3ncccc23)C[C@H](CN2CCC(n3cc4c(n3)CCNC4)CC2)O1. The molecule has 8 nitrogen and oxygen atoms in total. The fraction of sp³-hybridized carbons (Fsp3) is 0.519. The minimum absolute atomic E-state index is 0.151. The van der Waals surface area contributed by atoms with Gasteiger partial charge in [-0.3, -0.25) is 9.67 Å². The molecule has 0 unspecified atom stereocenters. The standard InChI is InChI=1S/C27H33N7O/c1-19-15-33(26-5-4-20(13-28)27-24(26)3-2-9-30-27)18-23(35-19)17-32-11-7-22(8-12-32)34-16-21-14-29-10-6-25(21)31-34/h2-5,9,16,19,22-23,29H,6-8,10-12,14-15,17-18H2,1H3/t19-,23+/m1/s1. The van der Waals surface area contributed by atoms with Crippen LogP contribution in [0.5, 0.6) is 0 Å². The van der Waals surface area contributed by atoms with E-state index in [1.54, 1.807) is 6.20 Å². The first-order chi connectivity index (χ1) is 17.2. The molecule has 1 aromatic carbocycles. The number of ether oxygens (including phenoxy) is 1. The average Bonchev–Trinajstić information content (AvgIpc) is 3.32. The summed E-state index contributed by atoms with van der Waals surface area (Å²) in [6.45, 7) is 8.92. The van der Waals surface area contributed by atoms with E-state index in [2.05, 4.69) is 56.1 Å². The van der Waals surface area contributed by atoms with Crippen molar-refractivity contribution in [2.75, 3.05) is 44.2 Å². The number of benzene rings is 1. The number of nitrogens with zero attached hydrogens (tertiary/aromatic N) is 6. The number of morpholine rings is 1. The van der Waals surface area contributed by atoms with E-state index in [-0.39, 0.29) is 12.2 Å². The fourth-order valence-electron chi connectivity index (χ4n) is 5.96. The molecule has 2 atom stereocenters. The normalized spacial score (nSPS) is 23.8. The molecule has 3 aliphatic rings. The topological polar surface area (TPSA) is 82.2 Å². The molecule has 0 saturated carbocycles. The molecular formula is C27H33N7O. The summed E-state index contributed by atoms with van der Waals surface area (Å²) in [7, 11) is 0. The van der Waals surface area contributed by atoms with Crippen LogP contribution in [0, 0.1) is 11.3 Å². The van der Waals surface area contributed by atoms with E-state index in [4.69, 9.17) is 9.84 Å². The van der Waals surface area contributed by atoms with Crippen LogP contribution < -0.4 is 10.2 Å². The molecule has 3 aliphatic heterocycles. The van der Waals surface area contributed by atoms with E-state index in [9.17, 15) is 5.26 Å². The zero-order valence-electron chi connectivity index (χ0n) is 20.4. The largest absolute Gasteiger partial charge is 0.370 e. The predicted molar refractivity (Wildman–Crippen MR) is 135 cm³/mol. The van der Waals surface area contributed by atoms with Crippen LogP contribution in [0.25, 0.3) is 10.9 Å². The van der Waals surface area contributed by atoms with Gasteiger partial charge < -0.3 is 19.9 Å². The molecule has 0 radical (unpaired) electrons.